The number of nitrogens with zero attached hydrogens (tertiary/aromatic N) is 1. The predicted molar refractivity (Wildman–Crippen MR) is 157 cm³/mol. The quantitative estimate of drug-likeness (QED) is 0.163. The highest BCUT2D eigenvalue weighted by Crippen LogP contribution is 2.27. The van der Waals surface area contributed by atoms with Gasteiger partial charge in [0, 0.05) is 36.8 Å². The fourth-order valence-corrected chi connectivity index (χ4v) is 4.07. The molecule has 3 amide bonds. The van der Waals surface area contributed by atoms with Crippen molar-refractivity contribution < 1.29 is 42.4 Å². The summed E-state index contributed by atoms with van der Waals surface area (Å²) in [7, 11) is 0. The monoisotopic (exact) mass is 578 g/mol. The van der Waals surface area contributed by atoms with Crippen molar-refractivity contribution in [3.8, 4) is 0 Å². The molecule has 0 radical (unpaired) electrons. The van der Waals surface area contributed by atoms with E-state index in [0.717, 1.165) is 6.54 Å². The van der Waals surface area contributed by atoms with Crippen LogP contribution >= 0.6 is 0 Å². The minimum absolute atomic E-state index is 0. The van der Waals surface area contributed by atoms with E-state index in [1.54, 1.807) is 0 Å². The Morgan fingerprint density at radius 3 is 2.10 bits per heavy atom. The van der Waals surface area contributed by atoms with Crippen LogP contribution in [-0.4, -0.2) is 112 Å². The van der Waals surface area contributed by atoms with Crippen LogP contribution in [0.1, 0.15) is 66.1 Å². The van der Waals surface area contributed by atoms with E-state index in [0.29, 0.717) is 39.0 Å². The molecule has 0 saturated carbocycles. The maximum absolute atomic E-state index is 13.7. The number of esters is 1. The van der Waals surface area contributed by atoms with Crippen LogP contribution in [0.2, 0.25) is 0 Å². The van der Waals surface area contributed by atoms with E-state index >= 15 is 0 Å². The molecule has 3 unspecified atom stereocenters. The number of hydrogen-bond acceptors (Lipinski definition) is 9. The van der Waals surface area contributed by atoms with E-state index < -0.39 is 41.4 Å². The van der Waals surface area contributed by atoms with Gasteiger partial charge in [0.25, 0.3) is 0 Å². The fraction of sp³-hybridized carbons (Fsp3) is 0.857. The molecule has 40 heavy (non-hydrogen) atoms. The van der Waals surface area contributed by atoms with E-state index in [2.05, 4.69) is 29.8 Å². The van der Waals surface area contributed by atoms with Crippen molar-refractivity contribution in [3.05, 3.63) is 0 Å². The molecule has 0 aromatic rings. The van der Waals surface area contributed by atoms with Gasteiger partial charge in [-0.2, -0.15) is 0 Å². The van der Waals surface area contributed by atoms with Crippen LogP contribution in [0.15, 0.2) is 0 Å². The number of likely N-dealkylation sites (tertiary alicyclic amines) is 1. The summed E-state index contributed by atoms with van der Waals surface area (Å²) in [5.41, 5.74) is -0.654. The van der Waals surface area contributed by atoms with E-state index in [1.807, 2.05) is 34.6 Å². The van der Waals surface area contributed by atoms with Gasteiger partial charge in [-0.15, -0.1) is 0 Å². The van der Waals surface area contributed by atoms with Gasteiger partial charge < -0.3 is 39.8 Å². The van der Waals surface area contributed by atoms with Crippen molar-refractivity contribution in [2.45, 2.75) is 86.0 Å². The Morgan fingerprint density at radius 1 is 0.950 bits per heavy atom. The van der Waals surface area contributed by atoms with E-state index in [9.17, 15) is 19.2 Å². The van der Waals surface area contributed by atoms with Crippen LogP contribution in [0.4, 0.5) is 0 Å². The molecule has 0 spiro atoms. The van der Waals surface area contributed by atoms with Crippen molar-refractivity contribution >= 4 is 23.7 Å². The van der Waals surface area contributed by atoms with Crippen molar-refractivity contribution in [2.24, 2.45) is 11.3 Å². The second-order valence-electron chi connectivity index (χ2n) is 11.9. The molecule has 3 atom stereocenters. The van der Waals surface area contributed by atoms with Gasteiger partial charge in [-0.25, -0.2) is 0 Å². The number of hydrogen-bond donors (Lipinski definition) is 3. The van der Waals surface area contributed by atoms with Crippen LogP contribution in [0.5, 0.6) is 0 Å². The summed E-state index contributed by atoms with van der Waals surface area (Å²) in [4.78, 5) is 52.3. The van der Waals surface area contributed by atoms with Gasteiger partial charge in [0.2, 0.25) is 17.7 Å². The minimum Gasteiger partial charge on any atom is -0.461 e. The number of nitrogens with one attached hydrogen (secondary N) is 3. The first-order valence-electron chi connectivity index (χ1n) is 14.2. The molecular formula is C28H58N4O8. The van der Waals surface area contributed by atoms with Crippen LogP contribution in [0, 0.1) is 11.3 Å². The third-order valence-corrected chi connectivity index (χ3v) is 6.06. The molecule has 1 aliphatic rings. The Kier molecular flexibility index (Phi) is 16.3. The third kappa shape index (κ3) is 14.4. The van der Waals surface area contributed by atoms with E-state index in [-0.39, 0.29) is 42.3 Å². The molecule has 1 saturated heterocycles. The van der Waals surface area contributed by atoms with Gasteiger partial charge >= 0.3 is 5.97 Å². The SMILES string of the molecule is CC(=O)OC1CC(C(=O)NCC(C)C)N(C(=O)C(NC(=O)COCCOCCOCCNC(C)C)C(C)(C)C)C1.[HH].[HH].[HH]. The van der Waals surface area contributed by atoms with Gasteiger partial charge in [0.05, 0.1) is 39.6 Å². The number of ether oxygens (including phenoxy) is 4. The maximum atomic E-state index is 13.7. The smallest absolute Gasteiger partial charge is 0.302 e. The molecule has 3 N–H and O–H groups in total. The highest BCUT2D eigenvalue weighted by Gasteiger charge is 2.45. The molecule has 1 heterocycles. The first-order chi connectivity index (χ1) is 18.7. The summed E-state index contributed by atoms with van der Waals surface area (Å²) >= 11 is 0. The lowest BCUT2D eigenvalue weighted by molar-refractivity contribution is -0.147. The van der Waals surface area contributed by atoms with E-state index in [4.69, 9.17) is 18.9 Å². The maximum Gasteiger partial charge on any atom is 0.302 e. The first kappa shape index (κ1) is 35.7. The molecule has 0 aromatic heterocycles. The molecule has 0 aromatic carbocycles. The highest BCUT2D eigenvalue weighted by atomic mass is 16.5. The number of amides is 3. The average molecular weight is 579 g/mol. The standard InChI is InChI=1S/C28H52N4O8.3H2/c1-19(2)16-30-26(35)23-15-22(40-21(5)33)17-32(23)27(36)25(28(6,7)8)31-24(34)18-39-14-13-38-12-11-37-10-9-29-20(3)4;;;/h19-20,22-23,25,29H,9-18H2,1-8H3,(H,30,35)(H,31,34);3*1H. The topological polar surface area (TPSA) is 145 Å². The fourth-order valence-electron chi connectivity index (χ4n) is 4.07. The molecule has 0 bridgehead atoms. The lowest BCUT2D eigenvalue weighted by atomic mass is 9.85. The molecule has 238 valence electrons. The Labute approximate surface area is 244 Å². The second-order valence-corrected chi connectivity index (χ2v) is 11.9. The van der Waals surface area contributed by atoms with Gasteiger partial charge in [0.1, 0.15) is 24.8 Å². The van der Waals surface area contributed by atoms with Crippen molar-refractivity contribution in [3.63, 3.8) is 0 Å². The zero-order valence-electron chi connectivity index (χ0n) is 25.7. The van der Waals surface area contributed by atoms with Crippen molar-refractivity contribution in [1.82, 2.24) is 20.9 Å². The summed E-state index contributed by atoms with van der Waals surface area (Å²) in [5, 5.41) is 8.90. The lowest BCUT2D eigenvalue weighted by Crippen LogP contribution is -2.58. The zero-order chi connectivity index (χ0) is 30.3. The summed E-state index contributed by atoms with van der Waals surface area (Å²) in [5.74, 6) is -1.42. The van der Waals surface area contributed by atoms with Crippen LogP contribution < -0.4 is 16.0 Å². The molecule has 0 aliphatic carbocycles. The van der Waals surface area contributed by atoms with Gasteiger partial charge in [-0.3, -0.25) is 19.2 Å². The minimum atomic E-state index is -0.918. The number of carbonyl (C=O) groups is 4. The zero-order valence-corrected chi connectivity index (χ0v) is 25.7. The summed E-state index contributed by atoms with van der Waals surface area (Å²) < 4.78 is 21.7. The van der Waals surface area contributed by atoms with Crippen LogP contribution in [0.25, 0.3) is 0 Å². The first-order valence-corrected chi connectivity index (χ1v) is 14.2. The molecule has 1 rings (SSSR count). The Hall–Kier alpha value is -2.28. The second kappa shape index (κ2) is 18.2. The van der Waals surface area contributed by atoms with Gasteiger partial charge in [0.15, 0.2) is 0 Å². The van der Waals surface area contributed by atoms with Gasteiger partial charge in [-0.1, -0.05) is 48.5 Å². The van der Waals surface area contributed by atoms with Crippen LogP contribution in [0.3, 0.4) is 0 Å². The van der Waals surface area contributed by atoms with Gasteiger partial charge in [-0.05, 0) is 11.3 Å². The van der Waals surface area contributed by atoms with Crippen LogP contribution in [-0.2, 0) is 38.1 Å². The van der Waals surface area contributed by atoms with Crippen molar-refractivity contribution in [2.75, 3.05) is 59.3 Å². The average Bonchev–Trinajstić information content (AvgIpc) is 3.26. The highest BCUT2D eigenvalue weighted by molar-refractivity contribution is 5.93. The molecule has 12 heteroatoms. The normalized spacial score (nSPS) is 18.2. The largest absolute Gasteiger partial charge is 0.461 e. The van der Waals surface area contributed by atoms with Crippen molar-refractivity contribution in [1.29, 1.82) is 0 Å². The predicted octanol–water partition coefficient (Wildman–Crippen LogP) is 1.61. The third-order valence-electron chi connectivity index (χ3n) is 6.06. The molecule has 12 nitrogen and oxygen atoms in total. The molecule has 1 fully saturated rings. The summed E-state index contributed by atoms with van der Waals surface area (Å²) in [6.07, 6.45) is -0.402. The van der Waals surface area contributed by atoms with E-state index in [1.165, 1.54) is 11.8 Å². The number of rotatable bonds is 18. The Balaban J connectivity index is -0.00000533. The number of carbonyl (C=O) groups excluding carboxylic acids is 4. The summed E-state index contributed by atoms with van der Waals surface area (Å²) in [6.45, 7) is 18.0. The molecule has 1 aliphatic heterocycles. The summed E-state index contributed by atoms with van der Waals surface area (Å²) in [6, 6.07) is -1.30. The Bertz CT molecular complexity index is 815. The lowest BCUT2D eigenvalue weighted by Gasteiger charge is -2.35. The Morgan fingerprint density at radius 2 is 1.55 bits per heavy atom. The molecular weight excluding hydrogens is 520 g/mol.